The van der Waals surface area contributed by atoms with Gasteiger partial charge in [-0.1, -0.05) is 6.07 Å². The summed E-state index contributed by atoms with van der Waals surface area (Å²) < 4.78 is 37.8. The van der Waals surface area contributed by atoms with Gasteiger partial charge >= 0.3 is 0 Å². The van der Waals surface area contributed by atoms with Crippen LogP contribution < -0.4 is 14.4 Å². The summed E-state index contributed by atoms with van der Waals surface area (Å²) in [6.45, 7) is 0. The fourth-order valence-corrected chi connectivity index (χ4v) is 4.41. The Balaban J connectivity index is 1.91. The Morgan fingerprint density at radius 2 is 1.75 bits per heavy atom. The number of rotatable bonds is 5. The third kappa shape index (κ3) is 3.50. The number of hydrogen-bond acceptors (Lipinski definition) is 6. The Morgan fingerprint density at radius 3 is 2.38 bits per heavy atom. The molecular formula is C23H17F2NO5S. The number of anilines is 1. The van der Waals surface area contributed by atoms with E-state index in [0.717, 1.165) is 17.0 Å². The zero-order chi connectivity index (χ0) is 23.0. The first-order chi connectivity index (χ1) is 15.4. The Kier molecular flexibility index (Phi) is 5.67. The lowest BCUT2D eigenvalue weighted by molar-refractivity contribution is -0.132. The van der Waals surface area contributed by atoms with Crippen LogP contribution in [0, 0.1) is 11.6 Å². The molecule has 1 unspecified atom stereocenters. The number of Topliss-reactive ketones (excluding diaryl/α,β-unsaturated/α-hetero) is 1. The fourth-order valence-electron chi connectivity index (χ4n) is 3.59. The predicted octanol–water partition coefficient (Wildman–Crippen LogP) is 4.67. The second-order valence-electron chi connectivity index (χ2n) is 6.85. The summed E-state index contributed by atoms with van der Waals surface area (Å²) in [6.07, 6.45) is 0. The van der Waals surface area contributed by atoms with Gasteiger partial charge in [0.1, 0.15) is 11.8 Å². The highest BCUT2D eigenvalue weighted by Gasteiger charge is 2.47. The maximum Gasteiger partial charge on any atom is 0.300 e. The van der Waals surface area contributed by atoms with Gasteiger partial charge in [-0.2, -0.15) is 0 Å². The molecule has 0 saturated carbocycles. The second-order valence-corrected chi connectivity index (χ2v) is 7.83. The predicted molar refractivity (Wildman–Crippen MR) is 115 cm³/mol. The van der Waals surface area contributed by atoms with Crippen LogP contribution >= 0.6 is 11.3 Å². The lowest BCUT2D eigenvalue weighted by Gasteiger charge is -2.24. The number of ether oxygens (including phenoxy) is 2. The molecule has 4 rings (SSSR count). The molecule has 1 saturated heterocycles. The van der Waals surface area contributed by atoms with Crippen LogP contribution in [0.15, 0.2) is 59.5 Å². The first kappa shape index (κ1) is 21.5. The molecule has 32 heavy (non-hydrogen) atoms. The van der Waals surface area contributed by atoms with Gasteiger partial charge in [-0.3, -0.25) is 14.5 Å². The summed E-state index contributed by atoms with van der Waals surface area (Å²) in [5, 5.41) is 12.8. The molecule has 0 bridgehead atoms. The Labute approximate surface area is 185 Å². The number of thiophene rings is 1. The van der Waals surface area contributed by atoms with Gasteiger partial charge in [0, 0.05) is 22.2 Å². The molecule has 9 heteroatoms. The first-order valence-electron chi connectivity index (χ1n) is 9.39. The monoisotopic (exact) mass is 457 g/mol. The van der Waals surface area contributed by atoms with Gasteiger partial charge < -0.3 is 14.6 Å². The summed E-state index contributed by atoms with van der Waals surface area (Å²) in [5.74, 6) is -3.83. The van der Waals surface area contributed by atoms with Crippen LogP contribution in [-0.4, -0.2) is 31.0 Å². The SMILES string of the molecule is COc1ccc(/C(O)=C2/C(=O)C(=O)N(c3ccc(F)c(F)c3)C2c2cccs2)cc1OC. The van der Waals surface area contributed by atoms with Crippen molar-refractivity contribution in [3.05, 3.63) is 81.6 Å². The average molecular weight is 457 g/mol. The van der Waals surface area contributed by atoms with E-state index in [-0.39, 0.29) is 16.8 Å². The van der Waals surface area contributed by atoms with Crippen LogP contribution in [0.3, 0.4) is 0 Å². The minimum Gasteiger partial charge on any atom is -0.507 e. The molecule has 2 heterocycles. The van der Waals surface area contributed by atoms with E-state index in [1.54, 1.807) is 23.6 Å². The number of hydrogen-bond donors (Lipinski definition) is 1. The van der Waals surface area contributed by atoms with Gasteiger partial charge in [-0.25, -0.2) is 8.78 Å². The number of carbonyl (C=O) groups is 2. The first-order valence-corrected chi connectivity index (χ1v) is 10.3. The highest BCUT2D eigenvalue weighted by Crippen LogP contribution is 2.44. The third-order valence-corrected chi connectivity index (χ3v) is 6.02. The molecular weight excluding hydrogens is 440 g/mol. The Hall–Kier alpha value is -3.72. The number of carbonyl (C=O) groups excluding carboxylic acids is 2. The molecule has 1 aliphatic heterocycles. The number of halogens is 2. The number of ketones is 1. The minimum absolute atomic E-state index is 0.00392. The zero-order valence-corrected chi connectivity index (χ0v) is 17.8. The summed E-state index contributed by atoms with van der Waals surface area (Å²) >= 11 is 1.26. The minimum atomic E-state index is -1.16. The lowest BCUT2D eigenvalue weighted by atomic mass is 9.99. The molecule has 164 valence electrons. The molecule has 2 aromatic carbocycles. The molecule has 0 aliphatic carbocycles. The number of benzene rings is 2. The number of nitrogens with zero attached hydrogens (tertiary/aromatic N) is 1. The maximum absolute atomic E-state index is 13.9. The molecule has 1 aromatic heterocycles. The average Bonchev–Trinajstić information content (AvgIpc) is 3.42. The number of aliphatic hydroxyl groups excluding tert-OH is 1. The van der Waals surface area contributed by atoms with Crippen molar-refractivity contribution in [3.8, 4) is 11.5 Å². The van der Waals surface area contributed by atoms with E-state index in [1.165, 1.54) is 43.8 Å². The lowest BCUT2D eigenvalue weighted by Crippen LogP contribution is -2.29. The molecule has 1 aliphatic rings. The van der Waals surface area contributed by atoms with Crippen molar-refractivity contribution < 1.29 is 33.0 Å². The number of amides is 1. The van der Waals surface area contributed by atoms with E-state index in [2.05, 4.69) is 0 Å². The zero-order valence-electron chi connectivity index (χ0n) is 17.0. The number of aliphatic hydroxyl groups is 1. The van der Waals surface area contributed by atoms with E-state index < -0.39 is 35.1 Å². The van der Waals surface area contributed by atoms with Gasteiger partial charge in [-0.15, -0.1) is 11.3 Å². The van der Waals surface area contributed by atoms with Crippen molar-refractivity contribution in [3.63, 3.8) is 0 Å². The molecule has 0 radical (unpaired) electrons. The topological polar surface area (TPSA) is 76.1 Å². The van der Waals surface area contributed by atoms with Gasteiger partial charge in [0.05, 0.1) is 19.8 Å². The van der Waals surface area contributed by atoms with E-state index in [0.29, 0.717) is 16.4 Å². The van der Waals surface area contributed by atoms with E-state index >= 15 is 0 Å². The van der Waals surface area contributed by atoms with E-state index in [4.69, 9.17) is 9.47 Å². The molecule has 1 amide bonds. The van der Waals surface area contributed by atoms with Crippen molar-refractivity contribution in [2.45, 2.75) is 6.04 Å². The summed E-state index contributed by atoms with van der Waals surface area (Å²) in [5.41, 5.74) is 0.0534. The quantitative estimate of drug-likeness (QED) is 0.342. The standard InChI is InChI=1S/C23H17F2NO5S/c1-30-16-8-5-12(10-17(16)31-2)21(27)19-20(18-4-3-9-32-18)26(23(29)22(19)28)13-6-7-14(24)15(25)11-13/h3-11,20,27H,1-2H3/b21-19-. The summed E-state index contributed by atoms with van der Waals surface area (Å²) in [4.78, 5) is 27.6. The maximum atomic E-state index is 13.9. The fraction of sp³-hybridized carbons (Fsp3) is 0.130. The molecule has 1 fully saturated rings. The third-order valence-electron chi connectivity index (χ3n) is 5.10. The van der Waals surface area contributed by atoms with Crippen molar-refractivity contribution in [2.75, 3.05) is 19.1 Å². The van der Waals surface area contributed by atoms with Crippen LogP contribution in [0.1, 0.15) is 16.5 Å². The highest BCUT2D eigenvalue weighted by atomic mass is 32.1. The van der Waals surface area contributed by atoms with Crippen molar-refractivity contribution in [1.29, 1.82) is 0 Å². The molecule has 1 atom stereocenters. The summed E-state index contributed by atoms with van der Waals surface area (Å²) in [6, 6.07) is 9.88. The van der Waals surface area contributed by atoms with Gasteiger partial charge in [0.15, 0.2) is 23.1 Å². The van der Waals surface area contributed by atoms with Gasteiger partial charge in [-0.05, 0) is 41.8 Å². The largest absolute Gasteiger partial charge is 0.507 e. The van der Waals surface area contributed by atoms with Gasteiger partial charge in [0.25, 0.3) is 11.7 Å². The smallest absolute Gasteiger partial charge is 0.300 e. The highest BCUT2D eigenvalue weighted by molar-refractivity contribution is 7.10. The normalized spacial score (nSPS) is 17.6. The van der Waals surface area contributed by atoms with Crippen molar-refractivity contribution in [2.24, 2.45) is 0 Å². The second kappa shape index (κ2) is 8.43. The van der Waals surface area contributed by atoms with Crippen molar-refractivity contribution in [1.82, 2.24) is 0 Å². The van der Waals surface area contributed by atoms with Crippen LogP contribution in [0.4, 0.5) is 14.5 Å². The van der Waals surface area contributed by atoms with Crippen LogP contribution in [0.2, 0.25) is 0 Å². The number of methoxy groups -OCH3 is 2. The molecule has 6 nitrogen and oxygen atoms in total. The van der Waals surface area contributed by atoms with Crippen LogP contribution in [0.5, 0.6) is 11.5 Å². The van der Waals surface area contributed by atoms with Gasteiger partial charge in [0.2, 0.25) is 0 Å². The Morgan fingerprint density at radius 1 is 1.00 bits per heavy atom. The molecule has 0 spiro atoms. The molecule has 1 N–H and O–H groups in total. The van der Waals surface area contributed by atoms with Crippen LogP contribution in [-0.2, 0) is 9.59 Å². The summed E-state index contributed by atoms with van der Waals surface area (Å²) in [7, 11) is 2.89. The van der Waals surface area contributed by atoms with E-state index in [1.807, 2.05) is 0 Å². The van der Waals surface area contributed by atoms with Crippen molar-refractivity contribution >= 4 is 34.5 Å². The van der Waals surface area contributed by atoms with E-state index in [9.17, 15) is 23.5 Å². The Bertz CT molecular complexity index is 1240. The molecule has 3 aromatic rings. The van der Waals surface area contributed by atoms with Crippen LogP contribution in [0.25, 0.3) is 5.76 Å².